The molecule has 1 saturated heterocycles. The van der Waals surface area contributed by atoms with Crippen molar-refractivity contribution in [2.24, 2.45) is 0 Å². The van der Waals surface area contributed by atoms with Crippen LogP contribution in [0.5, 0.6) is 0 Å². The molecule has 1 fully saturated rings. The fourth-order valence-electron chi connectivity index (χ4n) is 4.63. The number of fused-ring (bicyclic) bond motifs is 1. The molecule has 2 N–H and O–H groups in total. The van der Waals surface area contributed by atoms with Gasteiger partial charge in [0.2, 0.25) is 5.91 Å². The van der Waals surface area contributed by atoms with Crippen LogP contribution in [0.1, 0.15) is 36.9 Å². The zero-order chi connectivity index (χ0) is 29.7. The minimum absolute atomic E-state index is 0.0880. The number of methoxy groups -OCH3 is 1. The van der Waals surface area contributed by atoms with Gasteiger partial charge in [-0.05, 0) is 43.0 Å². The maximum absolute atomic E-state index is 13.4. The van der Waals surface area contributed by atoms with Gasteiger partial charge in [-0.1, -0.05) is 41.9 Å². The summed E-state index contributed by atoms with van der Waals surface area (Å²) >= 11 is 6.34. The number of allylic oxidation sites excluding steroid dienone is 2. The molecule has 13 heteroatoms. The van der Waals surface area contributed by atoms with Crippen LogP contribution < -0.4 is 10.6 Å². The molecule has 12 nitrogen and oxygen atoms in total. The highest BCUT2D eigenvalue weighted by molar-refractivity contribution is 6.32. The number of nitro benzene ring substituents is 1. The second-order valence-corrected chi connectivity index (χ2v) is 9.85. The predicted molar refractivity (Wildman–Crippen MR) is 146 cm³/mol. The molecule has 0 saturated carbocycles. The van der Waals surface area contributed by atoms with E-state index in [-0.39, 0.29) is 23.0 Å². The fraction of sp³-hybridized carbons (Fsp3) is 0.286. The van der Waals surface area contributed by atoms with E-state index in [1.54, 1.807) is 37.3 Å². The molecular formula is C28H27ClN4O8. The van der Waals surface area contributed by atoms with Crippen LogP contribution in [0.3, 0.4) is 0 Å². The summed E-state index contributed by atoms with van der Waals surface area (Å²) in [6.07, 6.45) is 1.92. The van der Waals surface area contributed by atoms with Crippen LogP contribution >= 0.6 is 11.6 Å². The van der Waals surface area contributed by atoms with Crippen LogP contribution in [0.15, 0.2) is 77.1 Å². The van der Waals surface area contributed by atoms with Crippen molar-refractivity contribution in [2.45, 2.75) is 44.5 Å². The zero-order valence-corrected chi connectivity index (χ0v) is 22.9. The van der Waals surface area contributed by atoms with E-state index in [2.05, 4.69) is 15.4 Å². The second kappa shape index (κ2) is 12.6. The number of halogens is 1. The third-order valence-electron chi connectivity index (χ3n) is 6.69. The van der Waals surface area contributed by atoms with Gasteiger partial charge < -0.3 is 20.1 Å². The third kappa shape index (κ3) is 6.55. The molecule has 0 aromatic heterocycles. The van der Waals surface area contributed by atoms with E-state index in [1.807, 2.05) is 0 Å². The molecule has 41 heavy (non-hydrogen) atoms. The lowest BCUT2D eigenvalue weighted by Crippen LogP contribution is -2.72. The predicted octanol–water partition coefficient (Wildman–Crippen LogP) is 2.99. The Hall–Kier alpha value is -4.71. The van der Waals surface area contributed by atoms with Crippen LogP contribution in [0.25, 0.3) is 0 Å². The Morgan fingerprint density at radius 2 is 1.85 bits per heavy atom. The van der Waals surface area contributed by atoms with Crippen molar-refractivity contribution in [3.8, 4) is 0 Å². The fourth-order valence-corrected chi connectivity index (χ4v) is 4.90. The first-order valence-corrected chi connectivity index (χ1v) is 13.0. The SMILES string of the molecule is COC(=O)C=C(C)NC(C(=O)NC1C(=O)N2C(C(=O)OCc3ccc([N+](=O)[O-])cc3)=C(Cl)CCC12)c1ccccc1. The number of amides is 2. The number of rotatable bonds is 10. The van der Waals surface area contributed by atoms with Crippen molar-refractivity contribution in [3.05, 3.63) is 98.3 Å². The van der Waals surface area contributed by atoms with Crippen molar-refractivity contribution in [3.63, 3.8) is 0 Å². The molecule has 0 radical (unpaired) electrons. The maximum Gasteiger partial charge on any atom is 0.356 e. The molecule has 0 bridgehead atoms. The number of nitrogens with zero attached hydrogens (tertiary/aromatic N) is 2. The van der Waals surface area contributed by atoms with Crippen molar-refractivity contribution in [2.75, 3.05) is 7.11 Å². The summed E-state index contributed by atoms with van der Waals surface area (Å²) in [5.74, 6) is -2.43. The standard InChI is InChI=1S/C28H27ClN4O8/c1-16(14-22(34)40-2)30-23(18-6-4-3-5-7-18)26(35)31-24-21-13-12-20(29)25(32(21)27(24)36)28(37)41-15-17-8-10-19(11-9-17)33(38)39/h3-11,14,21,23-24,30H,12-13,15H2,1-2H3,(H,31,35). The molecular weight excluding hydrogens is 556 g/mol. The van der Waals surface area contributed by atoms with Gasteiger partial charge in [-0.2, -0.15) is 0 Å². The smallest absolute Gasteiger partial charge is 0.356 e. The van der Waals surface area contributed by atoms with Gasteiger partial charge in [0.1, 0.15) is 24.4 Å². The number of hydrogen-bond acceptors (Lipinski definition) is 9. The molecule has 2 aromatic rings. The number of esters is 2. The van der Waals surface area contributed by atoms with Gasteiger partial charge in [0.05, 0.1) is 18.1 Å². The Kier molecular flexibility index (Phi) is 9.03. The normalized spacial score (nSPS) is 19.0. The maximum atomic E-state index is 13.4. The molecule has 0 spiro atoms. The monoisotopic (exact) mass is 582 g/mol. The average molecular weight is 583 g/mol. The van der Waals surface area contributed by atoms with Crippen LogP contribution in [0, 0.1) is 10.1 Å². The summed E-state index contributed by atoms with van der Waals surface area (Å²) in [6, 6.07) is 12.0. The summed E-state index contributed by atoms with van der Waals surface area (Å²) in [5, 5.41) is 16.8. The van der Waals surface area contributed by atoms with E-state index in [9.17, 15) is 29.3 Å². The van der Waals surface area contributed by atoms with E-state index in [0.29, 0.717) is 29.7 Å². The third-order valence-corrected chi connectivity index (χ3v) is 7.06. The molecule has 2 aliphatic rings. The lowest BCUT2D eigenvalue weighted by molar-refractivity contribution is -0.384. The zero-order valence-electron chi connectivity index (χ0n) is 22.2. The number of carbonyl (C=O) groups excluding carboxylic acids is 4. The van der Waals surface area contributed by atoms with Crippen LogP contribution in [0.4, 0.5) is 5.69 Å². The Bertz CT molecular complexity index is 1420. The van der Waals surface area contributed by atoms with E-state index in [4.69, 9.17) is 16.3 Å². The first-order chi connectivity index (χ1) is 19.6. The number of non-ortho nitro benzene ring substituents is 1. The van der Waals surface area contributed by atoms with Gasteiger partial charge in [0.15, 0.2) is 0 Å². The van der Waals surface area contributed by atoms with Crippen LogP contribution in [0.2, 0.25) is 0 Å². The molecule has 0 aliphatic carbocycles. The highest BCUT2D eigenvalue weighted by Crippen LogP contribution is 2.39. The summed E-state index contributed by atoms with van der Waals surface area (Å²) in [7, 11) is 1.24. The summed E-state index contributed by atoms with van der Waals surface area (Å²) in [6.45, 7) is 1.43. The van der Waals surface area contributed by atoms with Gasteiger partial charge >= 0.3 is 11.9 Å². The summed E-state index contributed by atoms with van der Waals surface area (Å²) < 4.78 is 9.99. The molecule has 214 valence electrons. The lowest BCUT2D eigenvalue weighted by atomic mass is 9.86. The lowest BCUT2D eigenvalue weighted by Gasteiger charge is -2.50. The topological polar surface area (TPSA) is 157 Å². The minimum Gasteiger partial charge on any atom is -0.466 e. The molecule has 2 amide bonds. The van der Waals surface area contributed by atoms with Gasteiger partial charge in [-0.15, -0.1) is 0 Å². The van der Waals surface area contributed by atoms with Gasteiger partial charge in [0, 0.05) is 28.9 Å². The molecule has 3 atom stereocenters. The van der Waals surface area contributed by atoms with Crippen LogP contribution in [-0.4, -0.2) is 52.8 Å². The number of hydrogen-bond donors (Lipinski definition) is 2. The number of benzene rings is 2. The highest BCUT2D eigenvalue weighted by Gasteiger charge is 2.54. The second-order valence-electron chi connectivity index (χ2n) is 9.39. The quantitative estimate of drug-likeness (QED) is 0.141. The van der Waals surface area contributed by atoms with E-state index >= 15 is 0 Å². The highest BCUT2D eigenvalue weighted by atomic mass is 35.5. The minimum atomic E-state index is -0.923. The van der Waals surface area contributed by atoms with E-state index < -0.39 is 46.8 Å². The van der Waals surface area contributed by atoms with Gasteiger partial charge in [-0.25, -0.2) is 9.59 Å². The molecule has 2 aliphatic heterocycles. The van der Waals surface area contributed by atoms with Crippen molar-refractivity contribution >= 4 is 41.0 Å². The molecule has 2 aromatic carbocycles. The number of carbonyl (C=O) groups is 4. The Morgan fingerprint density at radius 3 is 2.49 bits per heavy atom. The van der Waals surface area contributed by atoms with Crippen LogP contribution in [-0.2, 0) is 35.3 Å². The first kappa shape index (κ1) is 29.3. The Labute approximate surface area is 240 Å². The van der Waals surface area contributed by atoms with E-state index in [0.717, 1.165) is 0 Å². The Morgan fingerprint density at radius 1 is 1.17 bits per heavy atom. The van der Waals surface area contributed by atoms with Crippen molar-refractivity contribution in [1.29, 1.82) is 0 Å². The van der Waals surface area contributed by atoms with Gasteiger partial charge in [0.25, 0.3) is 11.6 Å². The molecule has 2 heterocycles. The van der Waals surface area contributed by atoms with E-state index in [1.165, 1.54) is 42.4 Å². The Balaban J connectivity index is 1.44. The molecule has 4 rings (SSSR count). The average Bonchev–Trinajstić information content (AvgIpc) is 2.97. The van der Waals surface area contributed by atoms with Gasteiger partial charge in [-0.3, -0.25) is 24.6 Å². The first-order valence-electron chi connectivity index (χ1n) is 12.6. The largest absolute Gasteiger partial charge is 0.466 e. The number of nitro groups is 1. The molecule has 3 unspecified atom stereocenters. The number of ether oxygens (including phenoxy) is 2. The van der Waals surface area contributed by atoms with Crippen molar-refractivity contribution in [1.82, 2.24) is 15.5 Å². The summed E-state index contributed by atoms with van der Waals surface area (Å²) in [5.41, 5.74) is 1.32. The summed E-state index contributed by atoms with van der Waals surface area (Å²) in [4.78, 5) is 62.7. The van der Waals surface area contributed by atoms with Crippen molar-refractivity contribution < 1.29 is 33.6 Å². The number of nitrogens with one attached hydrogen (secondary N) is 2. The number of β-lactam (4-membered cyclic amide) rings is 1.